The number of methoxy groups -OCH3 is 1. The summed E-state index contributed by atoms with van der Waals surface area (Å²) in [6.45, 7) is 1.10. The van der Waals surface area contributed by atoms with Crippen LogP contribution >= 0.6 is 11.3 Å². The number of esters is 1. The minimum absolute atomic E-state index is 0.0173. The topological polar surface area (TPSA) is 107 Å². The molecule has 106 valence electrons. The van der Waals surface area contributed by atoms with Crippen LogP contribution in [0.5, 0.6) is 0 Å². The number of rotatable bonds is 5. The van der Waals surface area contributed by atoms with Gasteiger partial charge < -0.3 is 10.5 Å². The summed E-state index contributed by atoms with van der Waals surface area (Å²) < 4.78 is 30.0. The van der Waals surface area contributed by atoms with E-state index in [9.17, 15) is 18.0 Å². The molecule has 1 aromatic heterocycles. The Labute approximate surface area is 115 Å². The SMILES string of the molecule is COC(=O)c1scc(C)c1S(=O)(=O)N(C)CC(N)=O. The van der Waals surface area contributed by atoms with Crippen LogP contribution in [0, 0.1) is 6.92 Å². The normalized spacial score (nSPS) is 11.6. The Morgan fingerprint density at radius 2 is 2.05 bits per heavy atom. The van der Waals surface area contributed by atoms with Crippen LogP contribution in [0.3, 0.4) is 0 Å². The van der Waals surface area contributed by atoms with Crippen molar-refractivity contribution in [2.24, 2.45) is 5.73 Å². The quantitative estimate of drug-likeness (QED) is 0.767. The summed E-state index contributed by atoms with van der Waals surface area (Å²) in [6.07, 6.45) is 0. The molecule has 0 saturated heterocycles. The summed E-state index contributed by atoms with van der Waals surface area (Å²) in [4.78, 5) is 22.2. The van der Waals surface area contributed by atoms with Crippen molar-refractivity contribution in [3.8, 4) is 0 Å². The van der Waals surface area contributed by atoms with Crippen molar-refractivity contribution in [3.05, 3.63) is 15.8 Å². The number of primary amides is 1. The highest BCUT2D eigenvalue weighted by atomic mass is 32.2. The van der Waals surface area contributed by atoms with Gasteiger partial charge in [0.15, 0.2) is 0 Å². The number of thiophene rings is 1. The minimum Gasteiger partial charge on any atom is -0.465 e. The molecule has 19 heavy (non-hydrogen) atoms. The highest BCUT2D eigenvalue weighted by Gasteiger charge is 2.31. The molecule has 0 aliphatic rings. The second-order valence-corrected chi connectivity index (χ2v) is 6.66. The van der Waals surface area contributed by atoms with Gasteiger partial charge in [-0.3, -0.25) is 4.79 Å². The number of likely N-dealkylation sites (N-methyl/N-ethyl adjacent to an activating group) is 1. The summed E-state index contributed by atoms with van der Waals surface area (Å²) in [6, 6.07) is 0. The minimum atomic E-state index is -3.97. The first kappa shape index (κ1) is 15.6. The first-order chi connectivity index (χ1) is 8.71. The highest BCUT2D eigenvalue weighted by Crippen LogP contribution is 2.29. The predicted molar refractivity (Wildman–Crippen MR) is 69.4 cm³/mol. The van der Waals surface area contributed by atoms with Gasteiger partial charge in [0.1, 0.15) is 9.77 Å². The third kappa shape index (κ3) is 3.11. The lowest BCUT2D eigenvalue weighted by Gasteiger charge is -2.16. The van der Waals surface area contributed by atoms with Crippen LogP contribution in [0.15, 0.2) is 10.3 Å². The second-order valence-electron chi connectivity index (χ2n) is 3.80. The zero-order chi connectivity index (χ0) is 14.8. The van der Waals surface area contributed by atoms with Crippen LogP contribution in [0.4, 0.5) is 0 Å². The molecule has 7 nitrogen and oxygen atoms in total. The maximum Gasteiger partial charge on any atom is 0.349 e. The number of hydrogen-bond acceptors (Lipinski definition) is 6. The lowest BCUT2D eigenvalue weighted by Crippen LogP contribution is -2.36. The summed E-state index contributed by atoms with van der Waals surface area (Å²) >= 11 is 0.975. The number of aryl methyl sites for hydroxylation is 1. The number of ether oxygens (including phenoxy) is 1. The standard InChI is InChI=1S/C10H14N2O5S2/c1-6-5-18-8(10(14)17-3)9(6)19(15,16)12(2)4-7(11)13/h5H,4H2,1-3H3,(H2,11,13). The van der Waals surface area contributed by atoms with Crippen molar-refractivity contribution in [1.82, 2.24) is 4.31 Å². The summed E-state index contributed by atoms with van der Waals surface area (Å²) in [5.41, 5.74) is 5.39. The Morgan fingerprint density at radius 3 is 2.53 bits per heavy atom. The van der Waals surface area contributed by atoms with Crippen LogP contribution in [0.25, 0.3) is 0 Å². The molecule has 0 atom stereocenters. The van der Waals surface area contributed by atoms with Gasteiger partial charge >= 0.3 is 5.97 Å². The zero-order valence-electron chi connectivity index (χ0n) is 10.7. The predicted octanol–water partition coefficient (Wildman–Crippen LogP) is -0.0511. The number of amides is 1. The maximum atomic E-state index is 12.3. The first-order valence-electron chi connectivity index (χ1n) is 5.12. The van der Waals surface area contributed by atoms with Crippen molar-refractivity contribution in [1.29, 1.82) is 0 Å². The van der Waals surface area contributed by atoms with Crippen LogP contribution in [-0.4, -0.2) is 45.3 Å². The number of sulfonamides is 1. The van der Waals surface area contributed by atoms with Crippen LogP contribution in [-0.2, 0) is 19.6 Å². The van der Waals surface area contributed by atoms with Crippen LogP contribution in [0.1, 0.15) is 15.2 Å². The Kier molecular flexibility index (Phi) is 4.66. The van der Waals surface area contributed by atoms with Crippen molar-refractivity contribution in [2.75, 3.05) is 20.7 Å². The largest absolute Gasteiger partial charge is 0.465 e. The molecule has 1 aromatic rings. The van der Waals surface area contributed by atoms with E-state index in [2.05, 4.69) is 4.74 Å². The molecule has 0 aliphatic carbocycles. The monoisotopic (exact) mass is 306 g/mol. The van der Waals surface area contributed by atoms with Crippen molar-refractivity contribution in [3.63, 3.8) is 0 Å². The Hall–Kier alpha value is -1.45. The van der Waals surface area contributed by atoms with Gasteiger partial charge in [-0.1, -0.05) is 0 Å². The van der Waals surface area contributed by atoms with Crippen LogP contribution < -0.4 is 5.73 Å². The molecule has 9 heteroatoms. The fourth-order valence-electron chi connectivity index (χ4n) is 1.45. The molecule has 0 bridgehead atoms. The third-order valence-corrected chi connectivity index (χ3v) is 5.53. The van der Waals surface area contributed by atoms with Gasteiger partial charge in [-0.25, -0.2) is 13.2 Å². The highest BCUT2D eigenvalue weighted by molar-refractivity contribution is 7.89. The maximum absolute atomic E-state index is 12.3. The average molecular weight is 306 g/mol. The Bertz CT molecular complexity index is 605. The van der Waals surface area contributed by atoms with Crippen molar-refractivity contribution < 1.29 is 22.7 Å². The molecule has 0 aliphatic heterocycles. The number of hydrogen-bond donors (Lipinski definition) is 1. The van der Waals surface area contributed by atoms with Crippen LogP contribution in [0.2, 0.25) is 0 Å². The summed E-state index contributed by atoms with van der Waals surface area (Å²) in [7, 11) is -1.58. The summed E-state index contributed by atoms with van der Waals surface area (Å²) in [5, 5.41) is 1.54. The molecule has 0 spiro atoms. The van der Waals surface area contributed by atoms with Gasteiger partial charge in [0, 0.05) is 7.05 Å². The molecule has 0 aromatic carbocycles. The number of carbonyl (C=O) groups is 2. The third-order valence-electron chi connectivity index (χ3n) is 2.34. The lowest BCUT2D eigenvalue weighted by atomic mass is 10.3. The second kappa shape index (κ2) is 5.68. The lowest BCUT2D eigenvalue weighted by molar-refractivity contribution is -0.118. The van der Waals surface area contributed by atoms with E-state index in [-0.39, 0.29) is 9.77 Å². The Balaban J connectivity index is 3.32. The van der Waals surface area contributed by atoms with Crippen molar-refractivity contribution in [2.45, 2.75) is 11.8 Å². The van der Waals surface area contributed by atoms with Gasteiger partial charge in [-0.05, 0) is 17.9 Å². The molecule has 1 amide bonds. The molecule has 0 saturated carbocycles. The smallest absolute Gasteiger partial charge is 0.349 e. The van der Waals surface area contributed by atoms with Gasteiger partial charge in [0.25, 0.3) is 0 Å². The van der Waals surface area contributed by atoms with Crippen molar-refractivity contribution >= 4 is 33.2 Å². The molecular formula is C10H14N2O5S2. The van der Waals surface area contributed by atoms with Gasteiger partial charge in [0.2, 0.25) is 15.9 Å². The van der Waals surface area contributed by atoms with E-state index in [1.807, 2.05) is 0 Å². The fraction of sp³-hybridized carbons (Fsp3) is 0.400. The van der Waals surface area contributed by atoms with E-state index in [1.54, 1.807) is 6.92 Å². The van der Waals surface area contributed by atoms with E-state index in [0.29, 0.717) is 5.56 Å². The molecule has 1 heterocycles. The molecule has 0 fully saturated rings. The molecule has 0 unspecified atom stereocenters. The van der Waals surface area contributed by atoms with E-state index in [4.69, 9.17) is 5.73 Å². The van der Waals surface area contributed by atoms with E-state index < -0.39 is 28.4 Å². The molecule has 2 N–H and O–H groups in total. The molecule has 1 rings (SSSR count). The summed E-state index contributed by atoms with van der Waals surface area (Å²) in [5.74, 6) is -1.51. The number of carbonyl (C=O) groups excluding carboxylic acids is 2. The number of nitrogens with two attached hydrogens (primary N) is 1. The Morgan fingerprint density at radius 1 is 1.47 bits per heavy atom. The van der Waals surface area contributed by atoms with E-state index in [0.717, 1.165) is 15.6 Å². The average Bonchev–Trinajstić information content (AvgIpc) is 2.69. The zero-order valence-corrected chi connectivity index (χ0v) is 12.3. The number of nitrogens with zero attached hydrogens (tertiary/aromatic N) is 1. The van der Waals surface area contributed by atoms with E-state index in [1.165, 1.54) is 19.5 Å². The van der Waals surface area contributed by atoms with Gasteiger partial charge in [-0.15, -0.1) is 11.3 Å². The van der Waals surface area contributed by atoms with Gasteiger partial charge in [-0.2, -0.15) is 4.31 Å². The fourth-order valence-corrected chi connectivity index (χ4v) is 4.24. The molecular weight excluding hydrogens is 292 g/mol. The first-order valence-corrected chi connectivity index (χ1v) is 7.44. The van der Waals surface area contributed by atoms with E-state index >= 15 is 0 Å². The van der Waals surface area contributed by atoms with Gasteiger partial charge in [0.05, 0.1) is 13.7 Å². The molecule has 0 radical (unpaired) electrons.